The molecule has 5 heterocycles. The van der Waals surface area contributed by atoms with Crippen LogP contribution < -0.4 is 16.4 Å². The van der Waals surface area contributed by atoms with Gasteiger partial charge in [0.25, 0.3) is 5.56 Å². The fourth-order valence-electron chi connectivity index (χ4n) is 6.46. The number of amides is 1. The highest BCUT2D eigenvalue weighted by atomic mass is 16.8. The molecule has 2 atom stereocenters. The number of carbonyl (C=O) groups excluding carboxylic acids is 1. The molecule has 1 fully saturated rings. The van der Waals surface area contributed by atoms with Crippen molar-refractivity contribution >= 4 is 33.5 Å². The third-order valence-electron chi connectivity index (χ3n) is 8.68. The molecule has 2 bridgehead atoms. The first kappa shape index (κ1) is 25.4. The fourth-order valence-corrected chi connectivity index (χ4v) is 6.46. The molecule has 1 amide bonds. The van der Waals surface area contributed by atoms with E-state index in [1.54, 1.807) is 10.6 Å². The van der Waals surface area contributed by atoms with Crippen LogP contribution in [-0.4, -0.2) is 33.7 Å². The number of piperidine rings is 1. The third kappa shape index (κ3) is 3.97. The minimum atomic E-state index is -0.522. The van der Waals surface area contributed by atoms with Crippen LogP contribution in [0, 0.1) is 38.8 Å². The molecule has 10 heteroatoms. The number of aromatic nitrogens is 1. The van der Waals surface area contributed by atoms with Gasteiger partial charge >= 0.3 is 5.63 Å². The molecule has 0 radical (unpaired) electrons. The number of likely N-dealkylation sites (tertiary alicyclic amines) is 1. The maximum Gasteiger partial charge on any atom is 0.339 e. The van der Waals surface area contributed by atoms with Crippen LogP contribution in [0.5, 0.6) is 0 Å². The first-order chi connectivity index (χ1) is 18.5. The third-order valence-corrected chi connectivity index (χ3v) is 8.68. The summed E-state index contributed by atoms with van der Waals surface area (Å²) in [5.41, 5.74) is 3.87. The van der Waals surface area contributed by atoms with Crippen LogP contribution >= 0.6 is 0 Å². The van der Waals surface area contributed by atoms with Gasteiger partial charge in [-0.3, -0.25) is 14.8 Å². The second-order valence-electron chi connectivity index (χ2n) is 11.0. The fraction of sp³-hybridized carbons (Fsp3) is 0.414. The van der Waals surface area contributed by atoms with Crippen molar-refractivity contribution in [1.82, 2.24) is 9.47 Å². The molecular formula is C29H30N3O7-. The molecule has 3 aromatic heterocycles. The summed E-state index contributed by atoms with van der Waals surface area (Å²) in [4.78, 5) is 40.8. The maximum atomic E-state index is 13.3. The Hall–Kier alpha value is -3.89. The predicted octanol–water partition coefficient (Wildman–Crippen LogP) is 4.21. The van der Waals surface area contributed by atoms with Gasteiger partial charge < -0.3 is 28.7 Å². The number of aryl methyl sites for hydroxylation is 4. The Bertz CT molecular complexity index is 1780. The van der Waals surface area contributed by atoms with E-state index in [1.807, 2.05) is 38.7 Å². The molecule has 1 saturated heterocycles. The summed E-state index contributed by atoms with van der Waals surface area (Å²) in [6.45, 7) is 9.04. The van der Waals surface area contributed by atoms with Gasteiger partial charge in [-0.25, -0.2) is 4.79 Å². The van der Waals surface area contributed by atoms with E-state index in [0.717, 1.165) is 50.9 Å². The number of nitrogens with zero attached hydrogens (tertiary/aromatic N) is 3. The van der Waals surface area contributed by atoms with Gasteiger partial charge in [0.2, 0.25) is 5.91 Å². The molecule has 1 N–H and O–H groups in total. The summed E-state index contributed by atoms with van der Waals surface area (Å²) < 4.78 is 13.2. The largest absolute Gasteiger partial charge is 0.733 e. The van der Waals surface area contributed by atoms with Crippen molar-refractivity contribution in [1.29, 1.82) is 0 Å². The van der Waals surface area contributed by atoms with Crippen LogP contribution in [0.4, 0.5) is 5.69 Å². The molecule has 2 aliphatic heterocycles. The lowest BCUT2D eigenvalue weighted by Gasteiger charge is -2.43. The minimum absolute atomic E-state index is 0.0403. The average Bonchev–Trinajstić information content (AvgIpc) is 3.18. The summed E-state index contributed by atoms with van der Waals surface area (Å²) in [6.07, 6.45) is 1.28. The van der Waals surface area contributed by atoms with Gasteiger partial charge in [-0.2, -0.15) is 0 Å². The van der Waals surface area contributed by atoms with E-state index >= 15 is 0 Å². The second kappa shape index (κ2) is 9.10. The van der Waals surface area contributed by atoms with E-state index in [0.29, 0.717) is 30.8 Å². The number of carbonyl (C=O) groups is 1. The lowest BCUT2D eigenvalue weighted by molar-refractivity contribution is -0.133. The SMILES string of the molecule is Cc1oc2c(C)c3oc(=O)c(CCC(=O)N4CC5C[C@@H](C4)Cn4c5ccc(N([O-])O)c4=O)c(C)c3cc2c1C. The zero-order valence-electron chi connectivity index (χ0n) is 22.4. The standard InChI is InChI=1S/C29H30N3O7/c1-14-17(4)38-26-16(3)27-22(10-21(14)26)15(2)20(29(35)39-27)5-8-25(33)30-11-18-9-19(13-30)23-6-7-24(32(36)37)28(34)31(23)12-18/h6-7,10,18-19,36H,5,8-9,11-13H2,1-4H3/q-1/t18-,19?/m0/s1. The molecule has 4 aromatic rings. The highest BCUT2D eigenvalue weighted by molar-refractivity contribution is 6.00. The lowest BCUT2D eigenvalue weighted by Crippen LogP contribution is -2.49. The number of fused-ring (bicyclic) bond motifs is 6. The Balaban J connectivity index is 1.24. The number of hydrogen-bond donors (Lipinski definition) is 1. The number of pyridine rings is 1. The van der Waals surface area contributed by atoms with E-state index in [-0.39, 0.29) is 36.3 Å². The Labute approximate surface area is 223 Å². The van der Waals surface area contributed by atoms with Crippen LogP contribution in [0.1, 0.15) is 52.5 Å². The van der Waals surface area contributed by atoms with Crippen LogP contribution in [0.15, 0.2) is 36.6 Å². The smallest absolute Gasteiger partial charge is 0.339 e. The van der Waals surface area contributed by atoms with Crippen molar-refractivity contribution in [2.75, 3.05) is 18.3 Å². The Morgan fingerprint density at radius 3 is 2.49 bits per heavy atom. The zero-order chi connectivity index (χ0) is 27.7. The van der Waals surface area contributed by atoms with Crippen LogP contribution in [-0.2, 0) is 17.8 Å². The Kier molecular flexibility index (Phi) is 5.92. The highest BCUT2D eigenvalue weighted by Gasteiger charge is 2.36. The molecule has 1 unspecified atom stereocenters. The van der Waals surface area contributed by atoms with E-state index in [2.05, 4.69) is 0 Å². The molecule has 0 saturated carbocycles. The van der Waals surface area contributed by atoms with E-state index < -0.39 is 16.4 Å². The van der Waals surface area contributed by atoms with E-state index in [1.165, 1.54) is 6.07 Å². The Morgan fingerprint density at radius 2 is 1.74 bits per heavy atom. The number of furan rings is 1. The topological polar surface area (TPSA) is 132 Å². The van der Waals surface area contributed by atoms with E-state index in [4.69, 9.17) is 8.83 Å². The molecule has 0 spiro atoms. The molecular weight excluding hydrogens is 502 g/mol. The van der Waals surface area contributed by atoms with Gasteiger partial charge in [0.05, 0.1) is 0 Å². The highest BCUT2D eigenvalue weighted by Crippen LogP contribution is 2.37. The molecule has 2 aliphatic rings. The Morgan fingerprint density at radius 1 is 1.03 bits per heavy atom. The summed E-state index contributed by atoms with van der Waals surface area (Å²) in [6, 6.07) is 5.01. The van der Waals surface area contributed by atoms with Gasteiger partial charge in [-0.1, -0.05) is 0 Å². The van der Waals surface area contributed by atoms with Crippen LogP contribution in [0.3, 0.4) is 0 Å². The lowest BCUT2D eigenvalue weighted by atomic mass is 9.83. The van der Waals surface area contributed by atoms with Crippen LogP contribution in [0.2, 0.25) is 0 Å². The normalized spacial score (nSPS) is 18.6. The zero-order valence-corrected chi connectivity index (χ0v) is 22.4. The van der Waals surface area contributed by atoms with Crippen molar-refractivity contribution in [3.63, 3.8) is 0 Å². The number of anilines is 1. The molecule has 6 rings (SSSR count). The molecule has 10 nitrogen and oxygen atoms in total. The van der Waals surface area contributed by atoms with Gasteiger partial charge in [0.15, 0.2) is 0 Å². The summed E-state index contributed by atoms with van der Waals surface area (Å²) in [5, 5.41) is 22.0. The van der Waals surface area contributed by atoms with Crippen molar-refractivity contribution < 1.29 is 18.8 Å². The second-order valence-corrected chi connectivity index (χ2v) is 11.0. The summed E-state index contributed by atoms with van der Waals surface area (Å²) >= 11 is 0. The van der Waals surface area contributed by atoms with Crippen molar-refractivity contribution in [2.45, 2.75) is 59.4 Å². The van der Waals surface area contributed by atoms with Crippen molar-refractivity contribution in [3.05, 3.63) is 77.9 Å². The first-order valence-corrected chi connectivity index (χ1v) is 13.2. The summed E-state index contributed by atoms with van der Waals surface area (Å²) in [5.74, 6) is 0.798. The molecule has 1 aromatic carbocycles. The van der Waals surface area contributed by atoms with E-state index in [9.17, 15) is 24.8 Å². The quantitative estimate of drug-likeness (QED) is 0.305. The van der Waals surface area contributed by atoms with Gasteiger partial charge in [-0.15, -0.1) is 0 Å². The molecule has 204 valence electrons. The van der Waals surface area contributed by atoms with Gasteiger partial charge in [-0.05, 0) is 75.8 Å². The minimum Gasteiger partial charge on any atom is -0.733 e. The summed E-state index contributed by atoms with van der Waals surface area (Å²) in [7, 11) is 0. The van der Waals surface area contributed by atoms with Crippen molar-refractivity contribution in [2.24, 2.45) is 5.92 Å². The molecule has 39 heavy (non-hydrogen) atoms. The molecule has 0 aliphatic carbocycles. The van der Waals surface area contributed by atoms with Gasteiger partial charge in [0, 0.05) is 59.6 Å². The maximum absolute atomic E-state index is 13.3. The average molecular weight is 533 g/mol. The van der Waals surface area contributed by atoms with Crippen molar-refractivity contribution in [3.8, 4) is 0 Å². The number of rotatable bonds is 4. The monoisotopic (exact) mass is 532 g/mol. The number of hydrogen-bond acceptors (Lipinski definition) is 8. The predicted molar refractivity (Wildman–Crippen MR) is 145 cm³/mol. The first-order valence-electron chi connectivity index (χ1n) is 13.2. The van der Waals surface area contributed by atoms with Gasteiger partial charge in [0.1, 0.15) is 22.6 Å². The van der Waals surface area contributed by atoms with Crippen LogP contribution in [0.25, 0.3) is 21.9 Å². The number of benzene rings is 1.